The molecule has 1 saturated carbocycles. The van der Waals surface area contributed by atoms with Crippen molar-refractivity contribution in [2.45, 2.75) is 51.4 Å². The van der Waals surface area contributed by atoms with Crippen LogP contribution < -0.4 is 0 Å². The van der Waals surface area contributed by atoms with Crippen LogP contribution in [0.1, 0.15) is 33.6 Å². The van der Waals surface area contributed by atoms with Crippen LogP contribution in [0, 0.1) is 11.8 Å². The summed E-state index contributed by atoms with van der Waals surface area (Å²) in [5.41, 5.74) is -0.175. The van der Waals surface area contributed by atoms with Crippen LogP contribution in [-0.4, -0.2) is 22.9 Å². The lowest BCUT2D eigenvalue weighted by molar-refractivity contribution is 0.0509. The van der Waals surface area contributed by atoms with Crippen molar-refractivity contribution in [1.29, 1.82) is 0 Å². The zero-order valence-corrected chi connectivity index (χ0v) is 8.08. The van der Waals surface area contributed by atoms with Crippen molar-refractivity contribution in [3.05, 3.63) is 0 Å². The van der Waals surface area contributed by atoms with Gasteiger partial charge in [0.15, 0.2) is 0 Å². The Morgan fingerprint density at radius 3 is 2.58 bits per heavy atom. The third-order valence-electron chi connectivity index (χ3n) is 3.63. The summed E-state index contributed by atoms with van der Waals surface area (Å²) in [5, 5.41) is 9.77. The van der Waals surface area contributed by atoms with E-state index < -0.39 is 0 Å². The van der Waals surface area contributed by atoms with Gasteiger partial charge in [-0.25, -0.2) is 0 Å². The highest BCUT2D eigenvalue weighted by atomic mass is 16.6. The summed E-state index contributed by atoms with van der Waals surface area (Å²) >= 11 is 0. The molecule has 0 amide bonds. The molecule has 2 nitrogen and oxygen atoms in total. The lowest BCUT2D eigenvalue weighted by atomic mass is 9.76. The van der Waals surface area contributed by atoms with E-state index in [0.29, 0.717) is 17.9 Å². The molecule has 0 aromatic carbocycles. The third kappa shape index (κ3) is 1.09. The summed E-state index contributed by atoms with van der Waals surface area (Å²) in [4.78, 5) is 0. The summed E-state index contributed by atoms with van der Waals surface area (Å²) in [5.74, 6) is 1.33. The van der Waals surface area contributed by atoms with Gasteiger partial charge in [0.25, 0.3) is 0 Å². The fourth-order valence-corrected chi connectivity index (χ4v) is 2.28. The van der Waals surface area contributed by atoms with Gasteiger partial charge in [-0.05, 0) is 31.6 Å². The van der Waals surface area contributed by atoms with Gasteiger partial charge in [-0.15, -0.1) is 0 Å². The second-order valence-corrected chi connectivity index (χ2v) is 4.78. The summed E-state index contributed by atoms with van der Waals surface area (Å²) in [6, 6.07) is 0. The average molecular weight is 170 g/mol. The molecule has 2 rings (SSSR count). The van der Waals surface area contributed by atoms with E-state index >= 15 is 0 Å². The van der Waals surface area contributed by atoms with Gasteiger partial charge in [0, 0.05) is 0 Å². The molecule has 2 unspecified atom stereocenters. The maximum atomic E-state index is 9.77. The Morgan fingerprint density at radius 2 is 2.08 bits per heavy atom. The monoisotopic (exact) mass is 170 g/mol. The molecule has 0 aromatic rings. The molecule has 2 aliphatic rings. The largest absolute Gasteiger partial charge is 0.390 e. The number of ether oxygens (including phenoxy) is 1. The first kappa shape index (κ1) is 8.52. The predicted molar refractivity (Wildman–Crippen MR) is 46.8 cm³/mol. The van der Waals surface area contributed by atoms with E-state index in [0.717, 1.165) is 12.8 Å². The zero-order valence-electron chi connectivity index (χ0n) is 8.08. The number of hydrogen-bond donors (Lipinski definition) is 1. The Kier molecular flexibility index (Phi) is 1.74. The molecule has 1 heterocycles. The van der Waals surface area contributed by atoms with Crippen molar-refractivity contribution < 1.29 is 9.84 Å². The Morgan fingerprint density at radius 1 is 1.42 bits per heavy atom. The number of rotatable bonds is 1. The van der Waals surface area contributed by atoms with Gasteiger partial charge in [0.2, 0.25) is 0 Å². The van der Waals surface area contributed by atoms with Crippen LogP contribution in [-0.2, 0) is 4.74 Å². The van der Waals surface area contributed by atoms with Gasteiger partial charge in [-0.1, -0.05) is 13.8 Å². The van der Waals surface area contributed by atoms with Crippen molar-refractivity contribution >= 4 is 0 Å². The Hall–Kier alpha value is -0.0800. The fourth-order valence-electron chi connectivity index (χ4n) is 2.28. The molecule has 70 valence electrons. The maximum absolute atomic E-state index is 9.77. The number of aliphatic hydroxyl groups is 1. The molecule has 12 heavy (non-hydrogen) atoms. The lowest BCUT2D eigenvalue weighted by Gasteiger charge is -2.29. The van der Waals surface area contributed by atoms with Gasteiger partial charge in [0.05, 0.1) is 12.2 Å². The minimum atomic E-state index is -0.233. The van der Waals surface area contributed by atoms with Crippen molar-refractivity contribution in [3.63, 3.8) is 0 Å². The molecule has 4 atom stereocenters. The molecule has 1 aliphatic heterocycles. The molecule has 1 aliphatic carbocycles. The molecule has 2 heteroatoms. The van der Waals surface area contributed by atoms with Crippen LogP contribution in [0.4, 0.5) is 0 Å². The fraction of sp³-hybridized carbons (Fsp3) is 1.00. The molecular weight excluding hydrogens is 152 g/mol. The Labute approximate surface area is 73.9 Å². The molecular formula is C10H18O2. The van der Waals surface area contributed by atoms with Gasteiger partial charge < -0.3 is 9.84 Å². The number of fused-ring (bicyclic) bond motifs is 1. The van der Waals surface area contributed by atoms with Crippen molar-refractivity contribution in [3.8, 4) is 0 Å². The lowest BCUT2D eigenvalue weighted by Crippen LogP contribution is -2.37. The SMILES string of the molecule is CC(C)[C@@H]1CC(O)[C@@]2(C)OC2C1. The van der Waals surface area contributed by atoms with Crippen LogP contribution in [0.25, 0.3) is 0 Å². The van der Waals surface area contributed by atoms with Crippen LogP contribution in [0.3, 0.4) is 0 Å². The predicted octanol–water partition coefficient (Wildman–Crippen LogP) is 1.57. The second-order valence-electron chi connectivity index (χ2n) is 4.78. The topological polar surface area (TPSA) is 32.8 Å². The first-order valence-electron chi connectivity index (χ1n) is 4.90. The average Bonchev–Trinajstić information content (AvgIpc) is 2.62. The zero-order chi connectivity index (χ0) is 8.93. The number of hydrogen-bond acceptors (Lipinski definition) is 2. The molecule has 1 saturated heterocycles. The molecule has 1 N–H and O–H groups in total. The van der Waals surface area contributed by atoms with Crippen molar-refractivity contribution in [2.24, 2.45) is 11.8 Å². The van der Waals surface area contributed by atoms with Crippen molar-refractivity contribution in [2.75, 3.05) is 0 Å². The Balaban J connectivity index is 2.02. The van der Waals surface area contributed by atoms with Crippen LogP contribution in [0.2, 0.25) is 0 Å². The maximum Gasteiger partial charge on any atom is 0.118 e. The van der Waals surface area contributed by atoms with Gasteiger partial charge >= 0.3 is 0 Å². The normalized spacial score (nSPS) is 52.2. The minimum absolute atomic E-state index is 0.175. The quantitative estimate of drug-likeness (QED) is 0.606. The van der Waals surface area contributed by atoms with E-state index in [9.17, 15) is 5.11 Å². The van der Waals surface area contributed by atoms with E-state index in [1.807, 2.05) is 6.92 Å². The smallest absolute Gasteiger partial charge is 0.118 e. The van der Waals surface area contributed by atoms with Gasteiger partial charge in [-0.3, -0.25) is 0 Å². The van der Waals surface area contributed by atoms with Crippen LogP contribution in [0.5, 0.6) is 0 Å². The highest BCUT2D eigenvalue weighted by Crippen LogP contribution is 2.50. The van der Waals surface area contributed by atoms with E-state index in [2.05, 4.69) is 13.8 Å². The summed E-state index contributed by atoms with van der Waals surface area (Å²) in [6.45, 7) is 6.48. The third-order valence-corrected chi connectivity index (χ3v) is 3.63. The number of aliphatic hydroxyl groups excluding tert-OH is 1. The molecule has 0 spiro atoms. The highest BCUT2D eigenvalue weighted by Gasteiger charge is 2.61. The van der Waals surface area contributed by atoms with Crippen LogP contribution in [0.15, 0.2) is 0 Å². The molecule has 0 radical (unpaired) electrons. The van der Waals surface area contributed by atoms with Gasteiger partial charge in [0.1, 0.15) is 5.60 Å². The second kappa shape index (κ2) is 2.46. The van der Waals surface area contributed by atoms with Crippen molar-refractivity contribution in [1.82, 2.24) is 0 Å². The van der Waals surface area contributed by atoms with E-state index in [-0.39, 0.29) is 11.7 Å². The molecule has 0 bridgehead atoms. The first-order valence-corrected chi connectivity index (χ1v) is 4.90. The highest BCUT2D eigenvalue weighted by molar-refractivity contribution is 5.09. The van der Waals surface area contributed by atoms with E-state index in [4.69, 9.17) is 4.74 Å². The summed E-state index contributed by atoms with van der Waals surface area (Å²) in [7, 11) is 0. The summed E-state index contributed by atoms with van der Waals surface area (Å²) < 4.78 is 5.51. The minimum Gasteiger partial charge on any atom is -0.390 e. The Bertz CT molecular complexity index is 190. The molecule has 2 fully saturated rings. The van der Waals surface area contributed by atoms with E-state index in [1.54, 1.807) is 0 Å². The molecule has 0 aromatic heterocycles. The van der Waals surface area contributed by atoms with E-state index in [1.165, 1.54) is 0 Å². The standard InChI is InChI=1S/C10H18O2/c1-6(2)7-4-8(11)10(3)9(5-7)12-10/h6-9,11H,4-5H2,1-3H3/t7-,8?,9?,10-/m1/s1. The van der Waals surface area contributed by atoms with Crippen LogP contribution >= 0.6 is 0 Å². The van der Waals surface area contributed by atoms with Gasteiger partial charge in [-0.2, -0.15) is 0 Å². The summed E-state index contributed by atoms with van der Waals surface area (Å²) in [6.07, 6.45) is 2.17. The first-order chi connectivity index (χ1) is 5.54. The number of epoxide rings is 1.